The first kappa shape index (κ1) is 22.5. The maximum Gasteiger partial charge on any atom is 0.305 e. The molecule has 0 atom stereocenters. The van der Waals surface area contributed by atoms with Gasteiger partial charge in [0.05, 0.1) is 29.8 Å². The van der Waals surface area contributed by atoms with Crippen molar-refractivity contribution in [2.45, 2.75) is 19.4 Å². The molecule has 0 spiro atoms. The fraction of sp³-hybridized carbons (Fsp3) is 0.217. The van der Waals surface area contributed by atoms with Crippen LogP contribution in [0.1, 0.15) is 24.0 Å². The van der Waals surface area contributed by atoms with Crippen molar-refractivity contribution in [2.75, 3.05) is 18.6 Å². The molecule has 2 aromatic carbocycles. The highest BCUT2D eigenvalue weighted by atomic mass is 35.5. The lowest BCUT2D eigenvalue weighted by molar-refractivity contribution is -0.141. The molecule has 9 heteroatoms. The van der Waals surface area contributed by atoms with Gasteiger partial charge in [0.2, 0.25) is 0 Å². The van der Waals surface area contributed by atoms with E-state index >= 15 is 0 Å². The quantitative estimate of drug-likeness (QED) is 0.342. The molecule has 2 amide bonds. The molecule has 2 aliphatic rings. The number of anilines is 1. The average Bonchev–Trinajstić information content (AvgIpc) is 3.22. The zero-order chi connectivity index (χ0) is 22.8. The number of thioether (sulfide) groups is 1. The van der Waals surface area contributed by atoms with Crippen molar-refractivity contribution >= 4 is 68.9 Å². The molecule has 1 saturated heterocycles. The minimum atomic E-state index is -0.341. The molecule has 4 rings (SSSR count). The van der Waals surface area contributed by atoms with Crippen LogP contribution >= 0.6 is 35.6 Å². The van der Waals surface area contributed by atoms with Crippen LogP contribution in [0.25, 0.3) is 5.57 Å². The largest absolute Gasteiger partial charge is 0.469 e. The third-order valence-corrected chi connectivity index (χ3v) is 6.94. The van der Waals surface area contributed by atoms with E-state index in [1.54, 1.807) is 17.0 Å². The molecule has 164 valence electrons. The number of nitrogens with zero attached hydrogens (tertiary/aromatic N) is 2. The number of ether oxygens (including phenoxy) is 1. The van der Waals surface area contributed by atoms with Crippen molar-refractivity contribution in [2.24, 2.45) is 0 Å². The number of thiocarbonyl (C=S) groups is 1. The summed E-state index contributed by atoms with van der Waals surface area (Å²) in [7, 11) is 1.32. The second kappa shape index (κ2) is 9.44. The van der Waals surface area contributed by atoms with Gasteiger partial charge in [0.15, 0.2) is 0 Å². The highest BCUT2D eigenvalue weighted by molar-refractivity contribution is 8.26. The van der Waals surface area contributed by atoms with Crippen LogP contribution in [0.15, 0.2) is 53.4 Å². The summed E-state index contributed by atoms with van der Waals surface area (Å²) in [5.74, 6) is -0.890. The number of methoxy groups -OCH3 is 1. The number of carbonyl (C=O) groups is 3. The van der Waals surface area contributed by atoms with Crippen molar-refractivity contribution in [1.29, 1.82) is 0 Å². The van der Waals surface area contributed by atoms with Gasteiger partial charge in [0, 0.05) is 23.6 Å². The molecule has 1 fully saturated rings. The lowest BCUT2D eigenvalue weighted by Crippen LogP contribution is -2.30. The van der Waals surface area contributed by atoms with E-state index in [0.29, 0.717) is 44.9 Å². The number of carbonyl (C=O) groups excluding carboxylic acids is 3. The maximum atomic E-state index is 13.5. The first-order valence-corrected chi connectivity index (χ1v) is 11.5. The van der Waals surface area contributed by atoms with Crippen LogP contribution in [-0.4, -0.2) is 40.7 Å². The topological polar surface area (TPSA) is 66.9 Å². The van der Waals surface area contributed by atoms with Crippen LogP contribution in [0.5, 0.6) is 0 Å². The smallest absolute Gasteiger partial charge is 0.305 e. The monoisotopic (exact) mass is 486 g/mol. The Labute approximate surface area is 200 Å². The third kappa shape index (κ3) is 4.30. The third-order valence-electron chi connectivity index (χ3n) is 5.24. The van der Waals surface area contributed by atoms with Gasteiger partial charge in [0.1, 0.15) is 4.32 Å². The van der Waals surface area contributed by atoms with Gasteiger partial charge in [-0.15, -0.1) is 0 Å². The van der Waals surface area contributed by atoms with Crippen molar-refractivity contribution in [3.05, 3.63) is 69.6 Å². The number of hydrogen-bond acceptors (Lipinski definition) is 6. The van der Waals surface area contributed by atoms with Gasteiger partial charge < -0.3 is 9.64 Å². The van der Waals surface area contributed by atoms with Crippen LogP contribution in [0.3, 0.4) is 0 Å². The number of benzene rings is 2. The molecule has 0 aliphatic carbocycles. The Morgan fingerprint density at radius 1 is 1.06 bits per heavy atom. The summed E-state index contributed by atoms with van der Waals surface area (Å²) in [5, 5.41) is 0.624. The number of amides is 2. The van der Waals surface area contributed by atoms with E-state index in [1.165, 1.54) is 12.0 Å². The van der Waals surface area contributed by atoms with E-state index in [2.05, 4.69) is 4.74 Å². The van der Waals surface area contributed by atoms with Crippen molar-refractivity contribution in [3.8, 4) is 0 Å². The zero-order valence-corrected chi connectivity index (χ0v) is 19.6. The van der Waals surface area contributed by atoms with Gasteiger partial charge in [-0.05, 0) is 30.2 Å². The predicted octanol–water partition coefficient (Wildman–Crippen LogP) is 4.41. The van der Waals surface area contributed by atoms with Crippen LogP contribution in [0.2, 0.25) is 5.02 Å². The number of rotatable bonds is 6. The van der Waals surface area contributed by atoms with E-state index in [0.717, 1.165) is 23.0 Å². The molecule has 6 nitrogen and oxygen atoms in total. The second-order valence-corrected chi connectivity index (χ2v) is 9.32. The number of fused-ring (bicyclic) bond motifs is 1. The number of esters is 1. The van der Waals surface area contributed by atoms with Gasteiger partial charge in [-0.2, -0.15) is 0 Å². The van der Waals surface area contributed by atoms with Gasteiger partial charge in [-0.1, -0.05) is 65.9 Å². The summed E-state index contributed by atoms with van der Waals surface area (Å²) in [6, 6.07) is 14.7. The second-order valence-electron chi connectivity index (χ2n) is 7.24. The SMILES string of the molecule is COC(=O)CCCN1C(=O)/C(=C2/C(=O)N(Cc3ccc(Cl)cc3)c3ccccc32)SC1=S. The van der Waals surface area contributed by atoms with E-state index in [4.69, 9.17) is 23.8 Å². The Hall–Kier alpha value is -2.68. The fourth-order valence-electron chi connectivity index (χ4n) is 3.65. The first-order chi connectivity index (χ1) is 15.4. The molecule has 0 unspecified atom stereocenters. The van der Waals surface area contributed by atoms with Gasteiger partial charge >= 0.3 is 5.97 Å². The first-order valence-electron chi connectivity index (χ1n) is 9.91. The average molecular weight is 487 g/mol. The van der Waals surface area contributed by atoms with E-state index in [1.807, 2.05) is 36.4 Å². The van der Waals surface area contributed by atoms with E-state index < -0.39 is 0 Å². The van der Waals surface area contributed by atoms with Gasteiger partial charge in [0.25, 0.3) is 11.8 Å². The summed E-state index contributed by atoms with van der Waals surface area (Å²) >= 11 is 12.5. The zero-order valence-electron chi connectivity index (χ0n) is 17.2. The summed E-state index contributed by atoms with van der Waals surface area (Å²) < 4.78 is 5.02. The minimum absolute atomic E-state index is 0.191. The van der Waals surface area contributed by atoms with Gasteiger partial charge in [-0.25, -0.2) is 0 Å². The van der Waals surface area contributed by atoms with Crippen molar-refractivity contribution in [1.82, 2.24) is 4.90 Å². The molecule has 2 aliphatic heterocycles. The van der Waals surface area contributed by atoms with Crippen LogP contribution in [0, 0.1) is 0 Å². The summed E-state index contributed by atoms with van der Waals surface area (Å²) in [4.78, 5) is 41.5. The van der Waals surface area contributed by atoms with Crippen molar-refractivity contribution in [3.63, 3.8) is 0 Å². The highest BCUT2D eigenvalue weighted by Gasteiger charge is 2.41. The van der Waals surface area contributed by atoms with Gasteiger partial charge in [-0.3, -0.25) is 19.3 Å². The van der Waals surface area contributed by atoms with E-state index in [-0.39, 0.29) is 24.2 Å². The molecule has 32 heavy (non-hydrogen) atoms. The predicted molar refractivity (Wildman–Crippen MR) is 129 cm³/mol. The minimum Gasteiger partial charge on any atom is -0.469 e. The summed E-state index contributed by atoms with van der Waals surface area (Å²) in [5.41, 5.74) is 2.75. The normalized spacial score (nSPS) is 17.9. The Kier molecular flexibility index (Phi) is 6.64. The summed E-state index contributed by atoms with van der Waals surface area (Å²) in [6.07, 6.45) is 0.616. The Balaban J connectivity index is 1.63. The van der Waals surface area contributed by atoms with Crippen LogP contribution in [-0.2, 0) is 25.7 Å². The number of para-hydroxylation sites is 1. The molecular weight excluding hydrogens is 468 g/mol. The van der Waals surface area contributed by atoms with Crippen molar-refractivity contribution < 1.29 is 19.1 Å². The molecule has 0 N–H and O–H groups in total. The summed E-state index contributed by atoms with van der Waals surface area (Å²) in [6.45, 7) is 0.650. The molecule has 0 aromatic heterocycles. The number of hydrogen-bond donors (Lipinski definition) is 0. The Morgan fingerprint density at radius 2 is 1.78 bits per heavy atom. The number of halogens is 1. The fourth-order valence-corrected chi connectivity index (χ4v) is 5.16. The lowest BCUT2D eigenvalue weighted by atomic mass is 10.1. The molecular formula is C23H19ClN2O4S2. The maximum absolute atomic E-state index is 13.5. The molecule has 0 radical (unpaired) electrons. The Morgan fingerprint density at radius 3 is 2.50 bits per heavy atom. The standard InChI is InChI=1S/C23H19ClN2O4S2/c1-30-18(27)7-4-12-25-22(29)20(32-23(25)31)19-16-5-2-3-6-17(16)26(21(19)28)13-14-8-10-15(24)11-9-14/h2-3,5-6,8-11H,4,7,12-13H2,1H3/b20-19-. The lowest BCUT2D eigenvalue weighted by Gasteiger charge is -2.17. The highest BCUT2D eigenvalue weighted by Crippen LogP contribution is 2.45. The van der Waals surface area contributed by atoms with Crippen LogP contribution in [0.4, 0.5) is 5.69 Å². The molecule has 2 heterocycles. The molecule has 0 saturated carbocycles. The van der Waals surface area contributed by atoms with Crippen LogP contribution < -0.4 is 4.90 Å². The molecule has 2 aromatic rings. The Bertz CT molecular complexity index is 1150. The van der Waals surface area contributed by atoms with E-state index in [9.17, 15) is 14.4 Å². The molecule has 0 bridgehead atoms.